The first-order valence-corrected chi connectivity index (χ1v) is 15.4. The van der Waals surface area contributed by atoms with Crippen LogP contribution in [0.2, 0.25) is 5.02 Å². The molecule has 0 saturated heterocycles. The van der Waals surface area contributed by atoms with Crippen LogP contribution < -0.4 is 14.4 Å². The van der Waals surface area contributed by atoms with Gasteiger partial charge in [0.2, 0.25) is 21.8 Å². The van der Waals surface area contributed by atoms with Gasteiger partial charge in [-0.2, -0.15) is 0 Å². The van der Waals surface area contributed by atoms with Gasteiger partial charge in [-0.3, -0.25) is 13.9 Å². The van der Waals surface area contributed by atoms with E-state index in [9.17, 15) is 18.0 Å². The molecule has 0 aromatic heterocycles. The molecular formula is C28H38ClN3O5S. The Bertz CT molecular complexity index is 1180. The van der Waals surface area contributed by atoms with Gasteiger partial charge in [0.25, 0.3) is 0 Å². The Morgan fingerprint density at radius 1 is 1.11 bits per heavy atom. The standard InChI is InChI=1S/C28H38ClN3O5S/c1-4-37-25-17-15-24(16-18-25)32(38(3,35)36)19-9-14-27(33)31(20-22-10-5-8-13-26(22)29)21(2)28(34)30-23-11-6-7-12-23/h5,8,10,13,15-18,21,23H,4,6-7,9,11-12,14,19-20H2,1-3H3,(H,30,34)/t21-/m1/s1. The van der Waals surface area contributed by atoms with Crippen molar-refractivity contribution in [2.45, 2.75) is 71.0 Å². The molecule has 0 bridgehead atoms. The Balaban J connectivity index is 1.71. The van der Waals surface area contributed by atoms with Gasteiger partial charge in [-0.1, -0.05) is 42.6 Å². The Kier molecular flexibility index (Phi) is 10.8. The van der Waals surface area contributed by atoms with E-state index in [1.54, 1.807) is 37.3 Å². The Morgan fingerprint density at radius 2 is 1.76 bits per heavy atom. The topological polar surface area (TPSA) is 96.0 Å². The molecule has 2 aromatic rings. The summed E-state index contributed by atoms with van der Waals surface area (Å²) in [7, 11) is -3.57. The summed E-state index contributed by atoms with van der Waals surface area (Å²) >= 11 is 6.37. The smallest absolute Gasteiger partial charge is 0.242 e. The molecule has 2 amide bonds. The normalized spacial score (nSPS) is 14.6. The highest BCUT2D eigenvalue weighted by Crippen LogP contribution is 2.24. The lowest BCUT2D eigenvalue weighted by Gasteiger charge is -2.30. The van der Waals surface area contributed by atoms with Gasteiger partial charge >= 0.3 is 0 Å². The lowest BCUT2D eigenvalue weighted by Crippen LogP contribution is -2.49. The van der Waals surface area contributed by atoms with Crippen molar-refractivity contribution in [3.8, 4) is 5.75 Å². The van der Waals surface area contributed by atoms with E-state index < -0.39 is 16.1 Å². The van der Waals surface area contributed by atoms with Gasteiger partial charge in [0.1, 0.15) is 11.8 Å². The molecule has 0 radical (unpaired) electrons. The largest absolute Gasteiger partial charge is 0.494 e. The molecule has 38 heavy (non-hydrogen) atoms. The average molecular weight is 564 g/mol. The second-order valence-electron chi connectivity index (χ2n) is 9.64. The maximum absolute atomic E-state index is 13.4. The number of nitrogens with one attached hydrogen (secondary N) is 1. The third kappa shape index (κ3) is 8.36. The molecule has 0 heterocycles. The van der Waals surface area contributed by atoms with E-state index in [1.165, 1.54) is 9.21 Å². The molecule has 1 saturated carbocycles. The van der Waals surface area contributed by atoms with Crippen LogP contribution in [0.4, 0.5) is 5.69 Å². The van der Waals surface area contributed by atoms with Crippen molar-refractivity contribution in [2.24, 2.45) is 0 Å². The van der Waals surface area contributed by atoms with Crippen molar-refractivity contribution in [1.29, 1.82) is 0 Å². The molecule has 1 aliphatic rings. The fourth-order valence-electron chi connectivity index (χ4n) is 4.66. The molecule has 2 aromatic carbocycles. The average Bonchev–Trinajstić information content (AvgIpc) is 3.39. The number of benzene rings is 2. The number of amides is 2. The van der Waals surface area contributed by atoms with Crippen LogP contribution >= 0.6 is 11.6 Å². The highest BCUT2D eigenvalue weighted by atomic mass is 35.5. The molecule has 10 heteroatoms. The van der Waals surface area contributed by atoms with Crippen molar-refractivity contribution in [1.82, 2.24) is 10.2 Å². The van der Waals surface area contributed by atoms with Crippen molar-refractivity contribution < 1.29 is 22.7 Å². The maximum Gasteiger partial charge on any atom is 0.242 e. The number of rotatable bonds is 13. The predicted molar refractivity (Wildman–Crippen MR) is 151 cm³/mol. The summed E-state index contributed by atoms with van der Waals surface area (Å²) in [6.45, 7) is 4.43. The minimum atomic E-state index is -3.57. The van der Waals surface area contributed by atoms with Crippen LogP contribution in [-0.2, 0) is 26.2 Å². The number of carbonyl (C=O) groups excluding carboxylic acids is 2. The molecule has 1 atom stereocenters. The van der Waals surface area contributed by atoms with Crippen LogP contribution in [0.3, 0.4) is 0 Å². The first-order valence-electron chi connectivity index (χ1n) is 13.1. The fourth-order valence-corrected chi connectivity index (χ4v) is 5.82. The summed E-state index contributed by atoms with van der Waals surface area (Å²) in [5, 5.41) is 3.60. The number of carbonyl (C=O) groups is 2. The van der Waals surface area contributed by atoms with Crippen molar-refractivity contribution in [2.75, 3.05) is 23.7 Å². The summed E-state index contributed by atoms with van der Waals surface area (Å²) in [5.41, 5.74) is 1.25. The van der Waals surface area contributed by atoms with Gasteiger partial charge in [-0.15, -0.1) is 0 Å². The molecule has 0 aliphatic heterocycles. The Morgan fingerprint density at radius 3 is 2.37 bits per heavy atom. The predicted octanol–water partition coefficient (Wildman–Crippen LogP) is 4.76. The minimum absolute atomic E-state index is 0.0779. The van der Waals surface area contributed by atoms with E-state index >= 15 is 0 Å². The first kappa shape index (κ1) is 29.8. The van der Waals surface area contributed by atoms with Crippen LogP contribution in [0.15, 0.2) is 48.5 Å². The number of hydrogen-bond acceptors (Lipinski definition) is 5. The Labute approximate surface area is 231 Å². The van der Waals surface area contributed by atoms with E-state index in [1.807, 2.05) is 25.1 Å². The zero-order chi connectivity index (χ0) is 27.7. The third-order valence-electron chi connectivity index (χ3n) is 6.76. The number of ether oxygens (including phenoxy) is 1. The number of anilines is 1. The number of hydrogen-bond donors (Lipinski definition) is 1. The molecule has 1 N–H and O–H groups in total. The van der Waals surface area contributed by atoms with Crippen molar-refractivity contribution in [3.05, 3.63) is 59.1 Å². The van der Waals surface area contributed by atoms with E-state index in [0.29, 0.717) is 23.1 Å². The van der Waals surface area contributed by atoms with Gasteiger partial charge < -0.3 is 15.0 Å². The minimum Gasteiger partial charge on any atom is -0.494 e. The second-order valence-corrected chi connectivity index (χ2v) is 12.0. The lowest BCUT2D eigenvalue weighted by atomic mass is 10.1. The highest BCUT2D eigenvalue weighted by Gasteiger charge is 2.29. The summed E-state index contributed by atoms with van der Waals surface area (Å²) in [4.78, 5) is 28.0. The lowest BCUT2D eigenvalue weighted by molar-refractivity contribution is -0.140. The van der Waals surface area contributed by atoms with Crippen LogP contribution in [0, 0.1) is 0 Å². The molecule has 8 nitrogen and oxygen atoms in total. The monoisotopic (exact) mass is 563 g/mol. The number of nitrogens with zero attached hydrogens (tertiary/aromatic N) is 2. The van der Waals surface area contributed by atoms with Crippen LogP contribution in [0.25, 0.3) is 0 Å². The van der Waals surface area contributed by atoms with Crippen molar-refractivity contribution >= 4 is 39.1 Å². The molecule has 1 fully saturated rings. The number of sulfonamides is 1. The van der Waals surface area contributed by atoms with Gasteiger partial charge in [0.05, 0.1) is 18.6 Å². The first-order chi connectivity index (χ1) is 18.1. The van der Waals surface area contributed by atoms with Crippen LogP contribution in [0.5, 0.6) is 5.75 Å². The summed E-state index contributed by atoms with van der Waals surface area (Å²) < 4.78 is 31.8. The van der Waals surface area contributed by atoms with Gasteiger partial charge in [0.15, 0.2) is 0 Å². The van der Waals surface area contributed by atoms with E-state index in [2.05, 4.69) is 5.32 Å². The second kappa shape index (κ2) is 13.8. The van der Waals surface area contributed by atoms with Crippen LogP contribution in [0.1, 0.15) is 57.9 Å². The Hall–Kier alpha value is -2.78. The SMILES string of the molecule is CCOc1ccc(N(CCCC(=O)N(Cc2ccccc2Cl)[C@H](C)C(=O)NC2CCCC2)S(C)(=O)=O)cc1. The summed E-state index contributed by atoms with van der Waals surface area (Å²) in [6.07, 6.45) is 5.58. The molecular weight excluding hydrogens is 526 g/mol. The molecule has 0 unspecified atom stereocenters. The molecule has 0 spiro atoms. The summed E-state index contributed by atoms with van der Waals surface area (Å²) in [6, 6.07) is 13.5. The van der Waals surface area contributed by atoms with E-state index in [4.69, 9.17) is 16.3 Å². The van der Waals surface area contributed by atoms with E-state index in [-0.39, 0.29) is 43.8 Å². The van der Waals surface area contributed by atoms with Gasteiger partial charge in [-0.05, 0) is 69.0 Å². The van der Waals surface area contributed by atoms with Crippen LogP contribution in [-0.4, -0.2) is 56.6 Å². The fraction of sp³-hybridized carbons (Fsp3) is 0.500. The highest BCUT2D eigenvalue weighted by molar-refractivity contribution is 7.92. The third-order valence-corrected chi connectivity index (χ3v) is 8.32. The molecule has 208 valence electrons. The van der Waals surface area contributed by atoms with Gasteiger partial charge in [-0.25, -0.2) is 8.42 Å². The van der Waals surface area contributed by atoms with Gasteiger partial charge in [0, 0.05) is 30.6 Å². The summed E-state index contributed by atoms with van der Waals surface area (Å²) in [5.74, 6) is 0.226. The zero-order valence-electron chi connectivity index (χ0n) is 22.4. The quantitative estimate of drug-likeness (QED) is 0.379. The zero-order valence-corrected chi connectivity index (χ0v) is 23.9. The number of halogens is 1. The molecule has 3 rings (SSSR count). The molecule has 1 aliphatic carbocycles. The maximum atomic E-state index is 13.4. The van der Waals surface area contributed by atoms with Crippen molar-refractivity contribution in [3.63, 3.8) is 0 Å². The van der Waals surface area contributed by atoms with E-state index in [0.717, 1.165) is 37.5 Å².